The topological polar surface area (TPSA) is 95.3 Å². The van der Waals surface area contributed by atoms with Crippen molar-refractivity contribution in [1.29, 1.82) is 0 Å². The van der Waals surface area contributed by atoms with Gasteiger partial charge in [0.2, 0.25) is 5.88 Å². The maximum Gasteiger partial charge on any atom is 0.335 e. The van der Waals surface area contributed by atoms with Crippen molar-refractivity contribution >= 4 is 28.4 Å². The Labute approximate surface area is 219 Å². The third-order valence-corrected chi connectivity index (χ3v) is 8.08. The maximum atomic E-state index is 13.4. The molecular formula is C28H30ClN5O3. The smallest absolute Gasteiger partial charge is 0.335 e. The SMILES string of the molecule is CN(C)CC1(c2ccc(-n3c(O)c4n(c3=O)CCC[C@H]4NC(=O)c3ccc4c(Cl)c[nH]c4c3)cc2)CC1. The maximum absolute atomic E-state index is 13.4. The molecule has 3 heterocycles. The molecule has 1 saturated carbocycles. The Kier molecular flexibility index (Phi) is 5.69. The number of rotatable bonds is 6. The van der Waals surface area contributed by atoms with Gasteiger partial charge in [-0.15, -0.1) is 0 Å². The van der Waals surface area contributed by atoms with Crippen LogP contribution < -0.4 is 11.0 Å². The predicted octanol–water partition coefficient (Wildman–Crippen LogP) is 4.34. The first-order chi connectivity index (χ1) is 17.8. The van der Waals surface area contributed by atoms with Crippen molar-refractivity contribution in [2.45, 2.75) is 43.7 Å². The van der Waals surface area contributed by atoms with Gasteiger partial charge in [-0.2, -0.15) is 0 Å². The van der Waals surface area contributed by atoms with Crippen molar-refractivity contribution in [3.05, 3.63) is 81.0 Å². The molecule has 1 aliphatic carbocycles. The highest BCUT2D eigenvalue weighted by molar-refractivity contribution is 6.35. The summed E-state index contributed by atoms with van der Waals surface area (Å²) in [5, 5.41) is 15.7. The van der Waals surface area contributed by atoms with Gasteiger partial charge in [-0.25, -0.2) is 9.36 Å². The second kappa shape index (κ2) is 8.82. The van der Waals surface area contributed by atoms with E-state index in [1.165, 1.54) is 10.1 Å². The number of hydrogen-bond acceptors (Lipinski definition) is 4. The highest BCUT2D eigenvalue weighted by Crippen LogP contribution is 2.48. The number of aromatic hydroxyl groups is 1. The van der Waals surface area contributed by atoms with E-state index in [1.54, 1.807) is 22.9 Å². The van der Waals surface area contributed by atoms with Crippen molar-refractivity contribution in [2.75, 3.05) is 20.6 Å². The third-order valence-electron chi connectivity index (χ3n) is 7.77. The minimum atomic E-state index is -0.479. The zero-order chi connectivity index (χ0) is 25.9. The van der Waals surface area contributed by atoms with Gasteiger partial charge in [0.1, 0.15) is 5.69 Å². The molecule has 1 atom stereocenters. The number of carbonyl (C=O) groups excluding carboxylic acids is 1. The van der Waals surface area contributed by atoms with Crippen LogP contribution in [0.3, 0.4) is 0 Å². The van der Waals surface area contributed by atoms with E-state index in [4.69, 9.17) is 11.6 Å². The third kappa shape index (κ3) is 4.04. The summed E-state index contributed by atoms with van der Waals surface area (Å²) in [6.07, 6.45) is 5.35. The van der Waals surface area contributed by atoms with Crippen molar-refractivity contribution in [1.82, 2.24) is 24.3 Å². The summed E-state index contributed by atoms with van der Waals surface area (Å²) >= 11 is 6.16. The number of imidazole rings is 1. The fourth-order valence-corrected chi connectivity index (χ4v) is 6.02. The molecule has 0 unspecified atom stereocenters. The molecule has 2 aromatic heterocycles. The molecule has 0 spiro atoms. The normalized spacial score (nSPS) is 18.2. The first-order valence-corrected chi connectivity index (χ1v) is 13.0. The minimum Gasteiger partial charge on any atom is -0.493 e. The van der Waals surface area contributed by atoms with Crippen LogP contribution in [-0.2, 0) is 12.0 Å². The Morgan fingerprint density at radius 3 is 2.68 bits per heavy atom. The van der Waals surface area contributed by atoms with Crippen LogP contribution in [0.25, 0.3) is 16.6 Å². The van der Waals surface area contributed by atoms with Gasteiger partial charge in [-0.05, 0) is 69.6 Å². The molecule has 2 aliphatic rings. The summed E-state index contributed by atoms with van der Waals surface area (Å²) in [6.45, 7) is 1.49. The number of H-pyrrole nitrogens is 1. The monoisotopic (exact) mass is 519 g/mol. The number of halogens is 1. The van der Waals surface area contributed by atoms with E-state index in [2.05, 4.69) is 41.4 Å². The van der Waals surface area contributed by atoms with E-state index in [1.807, 2.05) is 18.2 Å². The molecule has 1 aliphatic heterocycles. The molecule has 37 heavy (non-hydrogen) atoms. The Bertz CT molecular complexity index is 1560. The second-order valence-electron chi connectivity index (χ2n) is 10.6. The number of hydrogen-bond donors (Lipinski definition) is 3. The molecule has 1 fully saturated rings. The molecule has 8 nitrogen and oxygen atoms in total. The lowest BCUT2D eigenvalue weighted by molar-refractivity contribution is 0.0928. The zero-order valence-corrected chi connectivity index (χ0v) is 21.7. The zero-order valence-electron chi connectivity index (χ0n) is 20.9. The average Bonchev–Trinajstić information content (AvgIpc) is 3.49. The lowest BCUT2D eigenvalue weighted by Gasteiger charge is -2.24. The van der Waals surface area contributed by atoms with Crippen LogP contribution in [0.1, 0.15) is 53.3 Å². The molecule has 0 radical (unpaired) electrons. The second-order valence-corrected chi connectivity index (χ2v) is 11.0. The molecule has 4 aromatic rings. The number of aromatic nitrogens is 3. The van der Waals surface area contributed by atoms with Gasteiger partial charge in [0.15, 0.2) is 0 Å². The van der Waals surface area contributed by atoms with E-state index < -0.39 is 6.04 Å². The van der Waals surface area contributed by atoms with E-state index in [9.17, 15) is 14.7 Å². The Morgan fingerprint density at radius 2 is 1.97 bits per heavy atom. The van der Waals surface area contributed by atoms with Gasteiger partial charge in [-0.3, -0.25) is 9.36 Å². The van der Waals surface area contributed by atoms with Crippen molar-refractivity contribution in [3.8, 4) is 11.6 Å². The van der Waals surface area contributed by atoms with E-state index in [0.29, 0.717) is 34.9 Å². The molecule has 0 saturated heterocycles. The van der Waals surface area contributed by atoms with Gasteiger partial charge in [0.05, 0.1) is 16.8 Å². The van der Waals surface area contributed by atoms with Gasteiger partial charge in [-0.1, -0.05) is 29.8 Å². The number of aromatic amines is 1. The molecule has 1 amide bonds. The van der Waals surface area contributed by atoms with Crippen molar-refractivity contribution in [2.24, 2.45) is 0 Å². The molecule has 2 aromatic carbocycles. The number of carbonyl (C=O) groups is 1. The van der Waals surface area contributed by atoms with Crippen LogP contribution in [0, 0.1) is 0 Å². The summed E-state index contributed by atoms with van der Waals surface area (Å²) < 4.78 is 2.93. The van der Waals surface area contributed by atoms with Gasteiger partial charge in [0.25, 0.3) is 5.91 Å². The quantitative estimate of drug-likeness (QED) is 0.353. The molecule has 6 rings (SSSR count). The van der Waals surface area contributed by atoms with Crippen LogP contribution in [0.4, 0.5) is 0 Å². The van der Waals surface area contributed by atoms with E-state index in [0.717, 1.165) is 36.7 Å². The number of fused-ring (bicyclic) bond motifs is 2. The van der Waals surface area contributed by atoms with Crippen LogP contribution in [0.5, 0.6) is 5.88 Å². The van der Waals surface area contributed by atoms with Crippen LogP contribution in [-0.4, -0.2) is 50.7 Å². The molecule has 3 N–H and O–H groups in total. The number of amides is 1. The molecule has 192 valence electrons. The van der Waals surface area contributed by atoms with Crippen LogP contribution in [0.2, 0.25) is 5.02 Å². The summed E-state index contributed by atoms with van der Waals surface area (Å²) in [7, 11) is 4.17. The fourth-order valence-electron chi connectivity index (χ4n) is 5.81. The molecule has 0 bridgehead atoms. The first-order valence-electron chi connectivity index (χ1n) is 12.6. The Balaban J connectivity index is 1.29. The lowest BCUT2D eigenvalue weighted by Crippen LogP contribution is -2.35. The number of benzene rings is 2. The number of nitrogens with one attached hydrogen (secondary N) is 2. The highest BCUT2D eigenvalue weighted by Gasteiger charge is 2.44. The minimum absolute atomic E-state index is 0.122. The lowest BCUT2D eigenvalue weighted by atomic mass is 9.95. The Morgan fingerprint density at radius 1 is 1.22 bits per heavy atom. The highest BCUT2D eigenvalue weighted by atomic mass is 35.5. The molecular weight excluding hydrogens is 490 g/mol. The van der Waals surface area contributed by atoms with Gasteiger partial charge >= 0.3 is 5.69 Å². The Hall–Kier alpha value is -3.49. The summed E-state index contributed by atoms with van der Waals surface area (Å²) in [4.78, 5) is 31.7. The summed E-state index contributed by atoms with van der Waals surface area (Å²) in [6, 6.07) is 12.7. The standard InChI is InChI=1S/C28H30ClN5O3/c1-32(2)16-28(11-12-28)18-6-8-19(9-7-18)34-26(36)24-22(4-3-13-33(24)27(34)37)31-25(35)17-5-10-20-21(29)15-30-23(20)14-17/h5-10,14-15,22,30,36H,3-4,11-13,16H2,1-2H3,(H,31,35)/t22-/m1/s1. The van der Waals surface area contributed by atoms with Crippen LogP contribution in [0.15, 0.2) is 53.5 Å². The predicted molar refractivity (Wildman–Crippen MR) is 144 cm³/mol. The number of nitrogens with zero attached hydrogens (tertiary/aromatic N) is 3. The van der Waals surface area contributed by atoms with E-state index in [-0.39, 0.29) is 22.9 Å². The van der Waals surface area contributed by atoms with Gasteiger partial charge < -0.3 is 20.3 Å². The average molecular weight is 520 g/mol. The number of likely N-dealkylation sites (N-methyl/N-ethyl adjacent to an activating group) is 1. The van der Waals surface area contributed by atoms with E-state index >= 15 is 0 Å². The van der Waals surface area contributed by atoms with Crippen molar-refractivity contribution in [3.63, 3.8) is 0 Å². The fraction of sp³-hybridized carbons (Fsp3) is 0.357. The largest absolute Gasteiger partial charge is 0.493 e. The van der Waals surface area contributed by atoms with Gasteiger partial charge in [0, 0.05) is 41.2 Å². The van der Waals surface area contributed by atoms with Crippen molar-refractivity contribution < 1.29 is 9.90 Å². The molecule has 9 heteroatoms. The summed E-state index contributed by atoms with van der Waals surface area (Å²) in [5.41, 5.74) is 3.46. The first kappa shape index (κ1) is 23.9. The van der Waals surface area contributed by atoms with Crippen LogP contribution >= 0.6 is 11.6 Å². The summed E-state index contributed by atoms with van der Waals surface area (Å²) in [5.74, 6) is -0.394.